The van der Waals surface area contributed by atoms with Gasteiger partial charge in [-0.2, -0.15) is 4.98 Å². The molecule has 8 nitrogen and oxygen atoms in total. The molecule has 0 saturated carbocycles. The van der Waals surface area contributed by atoms with E-state index >= 15 is 0 Å². The van der Waals surface area contributed by atoms with Gasteiger partial charge in [-0.05, 0) is 25.3 Å². The van der Waals surface area contributed by atoms with Gasteiger partial charge in [0.1, 0.15) is 5.82 Å². The summed E-state index contributed by atoms with van der Waals surface area (Å²) >= 11 is 0. The van der Waals surface area contributed by atoms with Crippen molar-refractivity contribution in [3.05, 3.63) is 30.5 Å². The summed E-state index contributed by atoms with van der Waals surface area (Å²) in [7, 11) is 1.87. The van der Waals surface area contributed by atoms with Crippen LogP contribution in [0.1, 0.15) is 31.4 Å². The number of rotatable bonds is 5. The lowest BCUT2D eigenvalue weighted by atomic mass is 9.73. The number of carbonyl (C=O) groups excluding carboxylic acids is 1. The summed E-state index contributed by atoms with van der Waals surface area (Å²) in [6, 6.07) is 1.87. The van der Waals surface area contributed by atoms with E-state index in [0.717, 1.165) is 69.3 Å². The fraction of sp³-hybridized carbons (Fsp3) is 0.579. The lowest BCUT2D eigenvalue weighted by Crippen LogP contribution is -2.54. The van der Waals surface area contributed by atoms with Crippen molar-refractivity contribution in [2.24, 2.45) is 5.41 Å². The fourth-order valence-electron chi connectivity index (χ4n) is 4.33. The predicted molar refractivity (Wildman–Crippen MR) is 104 cm³/mol. The topological polar surface area (TPSA) is 90.0 Å². The molecule has 2 N–H and O–H groups in total. The molecule has 1 atom stereocenters. The van der Waals surface area contributed by atoms with Crippen LogP contribution in [0.2, 0.25) is 0 Å². The second kappa shape index (κ2) is 7.54. The van der Waals surface area contributed by atoms with E-state index in [1.807, 2.05) is 24.2 Å². The highest BCUT2D eigenvalue weighted by Gasteiger charge is 2.42. The molecule has 2 fully saturated rings. The lowest BCUT2D eigenvalue weighted by Gasteiger charge is -2.48. The van der Waals surface area contributed by atoms with Crippen LogP contribution in [0.25, 0.3) is 0 Å². The van der Waals surface area contributed by atoms with Crippen molar-refractivity contribution in [1.82, 2.24) is 24.8 Å². The number of likely N-dealkylation sites (tertiary alicyclic amines) is 1. The number of nitrogens with one attached hydrogen (secondary N) is 2. The van der Waals surface area contributed by atoms with Crippen molar-refractivity contribution < 1.29 is 4.79 Å². The van der Waals surface area contributed by atoms with Crippen LogP contribution in [-0.2, 0) is 11.2 Å². The van der Waals surface area contributed by atoms with E-state index < -0.39 is 0 Å². The van der Waals surface area contributed by atoms with E-state index in [9.17, 15) is 4.79 Å². The monoisotopic (exact) mass is 369 g/mol. The van der Waals surface area contributed by atoms with Gasteiger partial charge in [0.2, 0.25) is 11.9 Å². The molecule has 2 aromatic rings. The van der Waals surface area contributed by atoms with Crippen LogP contribution in [0.3, 0.4) is 0 Å². The number of hydrogen-bond donors (Lipinski definition) is 2. The largest absolute Gasteiger partial charge is 0.373 e. The minimum absolute atomic E-state index is 0.138. The number of aromatic nitrogens is 4. The molecule has 0 aliphatic carbocycles. The maximum absolute atomic E-state index is 12.5. The molecule has 1 amide bonds. The Morgan fingerprint density at radius 2 is 2.26 bits per heavy atom. The molecule has 2 saturated heterocycles. The van der Waals surface area contributed by atoms with Crippen LogP contribution in [-0.4, -0.2) is 64.0 Å². The standard InChI is InChI=1S/C19H27N7O/c1-20-16-4-8-22-18(24-16)26-9-2-6-19(13-26)7-3-17(27)25(12-19)10-5-15-11-21-14-23-15/h4,8,11,14H,2-3,5-7,9-10,12-13H2,1H3,(H,21,23)(H,20,22,24)/t19-/m1/s1. The Labute approximate surface area is 159 Å². The molecule has 0 aromatic carbocycles. The maximum atomic E-state index is 12.5. The van der Waals surface area contributed by atoms with Crippen LogP contribution < -0.4 is 10.2 Å². The van der Waals surface area contributed by atoms with Gasteiger partial charge in [0.05, 0.1) is 6.33 Å². The minimum atomic E-state index is 0.138. The molecule has 144 valence electrons. The molecule has 4 heterocycles. The lowest BCUT2D eigenvalue weighted by molar-refractivity contribution is -0.137. The minimum Gasteiger partial charge on any atom is -0.373 e. The number of aromatic amines is 1. The first-order valence-corrected chi connectivity index (χ1v) is 9.68. The summed E-state index contributed by atoms with van der Waals surface area (Å²) in [6.07, 6.45) is 9.99. The number of piperidine rings is 2. The number of amides is 1. The zero-order chi connectivity index (χ0) is 18.7. The zero-order valence-corrected chi connectivity index (χ0v) is 15.8. The smallest absolute Gasteiger partial charge is 0.227 e. The number of hydrogen-bond acceptors (Lipinski definition) is 6. The van der Waals surface area contributed by atoms with E-state index in [4.69, 9.17) is 0 Å². The molecule has 2 aliphatic rings. The first kappa shape index (κ1) is 17.8. The van der Waals surface area contributed by atoms with Gasteiger partial charge in [0.15, 0.2) is 0 Å². The summed E-state index contributed by atoms with van der Waals surface area (Å²) in [5.74, 6) is 1.88. The second-order valence-electron chi connectivity index (χ2n) is 7.66. The molecule has 1 spiro atoms. The SMILES string of the molecule is CNc1ccnc(N2CCC[C@]3(CCC(=O)N(CCc4cnc[nH]4)C3)C2)n1. The summed E-state index contributed by atoms with van der Waals surface area (Å²) in [5.41, 5.74) is 1.21. The van der Waals surface area contributed by atoms with Crippen LogP contribution in [0.4, 0.5) is 11.8 Å². The van der Waals surface area contributed by atoms with Gasteiger partial charge in [-0.1, -0.05) is 0 Å². The fourth-order valence-corrected chi connectivity index (χ4v) is 4.33. The molecule has 0 radical (unpaired) electrons. The Bertz CT molecular complexity index is 778. The third-order valence-corrected chi connectivity index (χ3v) is 5.80. The summed E-state index contributed by atoms with van der Waals surface area (Å²) < 4.78 is 0. The Kier molecular flexibility index (Phi) is 4.96. The van der Waals surface area contributed by atoms with Crippen molar-refractivity contribution in [3.63, 3.8) is 0 Å². The molecule has 0 bridgehead atoms. The van der Waals surface area contributed by atoms with Gasteiger partial charge in [-0.15, -0.1) is 0 Å². The Balaban J connectivity index is 1.45. The highest BCUT2D eigenvalue weighted by atomic mass is 16.2. The van der Waals surface area contributed by atoms with E-state index in [0.29, 0.717) is 6.42 Å². The molecule has 2 aromatic heterocycles. The van der Waals surface area contributed by atoms with Gasteiger partial charge in [0, 0.05) is 69.6 Å². The summed E-state index contributed by atoms with van der Waals surface area (Å²) in [4.78, 5) is 33.1. The molecule has 8 heteroatoms. The third kappa shape index (κ3) is 3.89. The maximum Gasteiger partial charge on any atom is 0.227 e. The van der Waals surface area contributed by atoms with Crippen LogP contribution in [0.5, 0.6) is 0 Å². The zero-order valence-electron chi connectivity index (χ0n) is 15.8. The Morgan fingerprint density at radius 3 is 3.07 bits per heavy atom. The molecule has 27 heavy (non-hydrogen) atoms. The van der Waals surface area contributed by atoms with Crippen molar-refractivity contribution in [1.29, 1.82) is 0 Å². The van der Waals surface area contributed by atoms with E-state index in [1.165, 1.54) is 0 Å². The quantitative estimate of drug-likeness (QED) is 0.834. The van der Waals surface area contributed by atoms with E-state index in [1.54, 1.807) is 12.5 Å². The van der Waals surface area contributed by atoms with Gasteiger partial charge >= 0.3 is 0 Å². The van der Waals surface area contributed by atoms with Crippen molar-refractivity contribution in [3.8, 4) is 0 Å². The second-order valence-corrected chi connectivity index (χ2v) is 7.66. The number of H-pyrrole nitrogens is 1. The number of anilines is 2. The van der Waals surface area contributed by atoms with Gasteiger partial charge < -0.3 is 20.1 Å². The summed E-state index contributed by atoms with van der Waals surface area (Å²) in [5, 5.41) is 3.08. The molecule has 2 aliphatic heterocycles. The Hall–Kier alpha value is -2.64. The molecule has 0 unspecified atom stereocenters. The molecular formula is C19H27N7O. The highest BCUT2D eigenvalue weighted by molar-refractivity contribution is 5.77. The first-order valence-electron chi connectivity index (χ1n) is 9.68. The average Bonchev–Trinajstić information content (AvgIpc) is 3.23. The highest BCUT2D eigenvalue weighted by Crippen LogP contribution is 2.39. The molecular weight excluding hydrogens is 342 g/mol. The van der Waals surface area contributed by atoms with Crippen molar-refractivity contribution >= 4 is 17.7 Å². The number of imidazole rings is 1. The van der Waals surface area contributed by atoms with Gasteiger partial charge in [-0.3, -0.25) is 4.79 Å². The average molecular weight is 369 g/mol. The normalized spacial score (nSPS) is 23.1. The third-order valence-electron chi connectivity index (χ3n) is 5.80. The Morgan fingerprint density at radius 1 is 1.33 bits per heavy atom. The van der Waals surface area contributed by atoms with Crippen LogP contribution in [0.15, 0.2) is 24.8 Å². The van der Waals surface area contributed by atoms with Crippen molar-refractivity contribution in [2.75, 3.05) is 43.4 Å². The number of nitrogens with zero attached hydrogens (tertiary/aromatic N) is 5. The van der Waals surface area contributed by atoms with Crippen LogP contribution >= 0.6 is 0 Å². The van der Waals surface area contributed by atoms with Crippen LogP contribution in [0, 0.1) is 5.41 Å². The predicted octanol–water partition coefficient (Wildman–Crippen LogP) is 1.69. The van der Waals surface area contributed by atoms with E-state index in [-0.39, 0.29) is 11.3 Å². The van der Waals surface area contributed by atoms with Crippen molar-refractivity contribution in [2.45, 2.75) is 32.1 Å². The van der Waals surface area contributed by atoms with Gasteiger partial charge in [-0.25, -0.2) is 9.97 Å². The molecule has 4 rings (SSSR count). The van der Waals surface area contributed by atoms with E-state index in [2.05, 4.69) is 30.2 Å². The first-order chi connectivity index (χ1) is 13.2. The van der Waals surface area contributed by atoms with Gasteiger partial charge in [0.25, 0.3) is 0 Å². The number of carbonyl (C=O) groups is 1. The summed E-state index contributed by atoms with van der Waals surface area (Å²) in [6.45, 7) is 3.45.